The predicted molar refractivity (Wildman–Crippen MR) is 87.0 cm³/mol. The van der Waals surface area contributed by atoms with Crippen molar-refractivity contribution in [2.45, 2.75) is 32.9 Å². The van der Waals surface area contributed by atoms with Crippen LogP contribution in [0.5, 0.6) is 0 Å². The van der Waals surface area contributed by atoms with Gasteiger partial charge in [0, 0.05) is 18.1 Å². The van der Waals surface area contributed by atoms with Crippen molar-refractivity contribution < 1.29 is 13.2 Å². The van der Waals surface area contributed by atoms with Crippen LogP contribution in [0, 0.1) is 5.92 Å². The maximum atomic E-state index is 12.3. The first-order valence-corrected chi connectivity index (χ1v) is 9.30. The molecule has 1 unspecified atom stereocenters. The lowest BCUT2D eigenvalue weighted by atomic mass is 10.1. The van der Waals surface area contributed by atoms with Crippen LogP contribution in [0.15, 0.2) is 24.3 Å². The monoisotopic (exact) mass is 344 g/mol. The molecule has 1 saturated heterocycles. The normalized spacial score (nSPS) is 21.2. The third-order valence-electron chi connectivity index (χ3n) is 3.61. The van der Waals surface area contributed by atoms with Crippen LogP contribution in [0.1, 0.15) is 25.8 Å². The minimum Gasteiger partial charge on any atom is -0.351 e. The summed E-state index contributed by atoms with van der Waals surface area (Å²) in [6.07, 6.45) is 0.337. The molecule has 0 aromatic heterocycles. The van der Waals surface area contributed by atoms with Crippen LogP contribution in [-0.2, 0) is 21.4 Å². The van der Waals surface area contributed by atoms with Crippen molar-refractivity contribution >= 4 is 27.5 Å². The van der Waals surface area contributed by atoms with Gasteiger partial charge in [0.15, 0.2) is 0 Å². The number of benzene rings is 1. The zero-order chi connectivity index (χ0) is 16.3. The number of carbonyl (C=O) groups excluding carboxylic acids is 1. The Labute approximate surface area is 136 Å². The van der Waals surface area contributed by atoms with E-state index in [1.165, 1.54) is 4.31 Å². The smallest absolute Gasteiger partial charge is 0.238 e. The van der Waals surface area contributed by atoms with E-state index >= 15 is 0 Å². The molecule has 0 aliphatic carbocycles. The summed E-state index contributed by atoms with van der Waals surface area (Å²) in [5.41, 5.74) is 0.814. The van der Waals surface area contributed by atoms with Crippen LogP contribution in [0.4, 0.5) is 0 Å². The molecule has 0 radical (unpaired) electrons. The maximum absolute atomic E-state index is 12.3. The molecule has 22 heavy (non-hydrogen) atoms. The van der Waals surface area contributed by atoms with E-state index < -0.39 is 16.1 Å². The van der Waals surface area contributed by atoms with Crippen LogP contribution in [0.2, 0.25) is 5.02 Å². The van der Waals surface area contributed by atoms with Crippen LogP contribution in [0.25, 0.3) is 0 Å². The maximum Gasteiger partial charge on any atom is 0.238 e. The van der Waals surface area contributed by atoms with E-state index in [0.717, 1.165) is 5.56 Å². The molecule has 0 bridgehead atoms. The van der Waals surface area contributed by atoms with Crippen molar-refractivity contribution in [3.63, 3.8) is 0 Å². The molecule has 1 aromatic rings. The fraction of sp³-hybridized carbons (Fsp3) is 0.533. The largest absolute Gasteiger partial charge is 0.351 e. The van der Waals surface area contributed by atoms with Crippen molar-refractivity contribution in [3.05, 3.63) is 34.9 Å². The minimum atomic E-state index is -3.32. The lowest BCUT2D eigenvalue weighted by molar-refractivity contribution is -0.124. The van der Waals surface area contributed by atoms with E-state index in [0.29, 0.717) is 24.5 Å². The molecule has 0 saturated carbocycles. The molecule has 1 heterocycles. The Bertz CT molecular complexity index is 646. The number of hydrogen-bond donors (Lipinski definition) is 1. The first kappa shape index (κ1) is 17.2. The van der Waals surface area contributed by atoms with E-state index in [9.17, 15) is 13.2 Å². The second-order valence-electron chi connectivity index (χ2n) is 5.89. The molecule has 122 valence electrons. The molecule has 1 amide bonds. The Morgan fingerprint density at radius 3 is 2.73 bits per heavy atom. The van der Waals surface area contributed by atoms with Gasteiger partial charge in [-0.3, -0.25) is 4.79 Å². The number of amides is 1. The fourth-order valence-electron chi connectivity index (χ4n) is 2.52. The molecule has 0 spiro atoms. The van der Waals surface area contributed by atoms with Crippen LogP contribution in [-0.4, -0.2) is 37.0 Å². The SMILES string of the molecule is CC(C)CN1C(C(=O)NCc2ccccc2Cl)CCS1(=O)=O. The second kappa shape index (κ2) is 6.98. The van der Waals surface area contributed by atoms with E-state index in [4.69, 9.17) is 11.6 Å². The fourth-order valence-corrected chi connectivity index (χ4v) is 4.59. The van der Waals surface area contributed by atoms with Crippen molar-refractivity contribution in [2.75, 3.05) is 12.3 Å². The van der Waals surface area contributed by atoms with E-state index in [1.807, 2.05) is 32.0 Å². The number of nitrogens with one attached hydrogen (secondary N) is 1. The number of sulfonamides is 1. The summed E-state index contributed by atoms with van der Waals surface area (Å²) in [5, 5.41) is 3.38. The number of halogens is 1. The van der Waals surface area contributed by atoms with Crippen LogP contribution in [0.3, 0.4) is 0 Å². The minimum absolute atomic E-state index is 0.0316. The van der Waals surface area contributed by atoms with Gasteiger partial charge in [0.2, 0.25) is 15.9 Å². The first-order chi connectivity index (χ1) is 10.3. The summed E-state index contributed by atoms with van der Waals surface area (Å²) >= 11 is 6.05. The van der Waals surface area contributed by atoms with Gasteiger partial charge in [-0.05, 0) is 24.0 Å². The Kier molecular flexibility index (Phi) is 5.47. The van der Waals surface area contributed by atoms with Gasteiger partial charge in [-0.1, -0.05) is 43.6 Å². The molecule has 1 aliphatic heterocycles. The van der Waals surface area contributed by atoms with Crippen LogP contribution < -0.4 is 5.32 Å². The lowest BCUT2D eigenvalue weighted by Crippen LogP contribution is -2.45. The topological polar surface area (TPSA) is 66.5 Å². The average molecular weight is 345 g/mol. The van der Waals surface area contributed by atoms with Gasteiger partial charge in [0.05, 0.1) is 5.75 Å². The number of nitrogens with zero attached hydrogens (tertiary/aromatic N) is 1. The van der Waals surface area contributed by atoms with Gasteiger partial charge >= 0.3 is 0 Å². The summed E-state index contributed by atoms with van der Waals surface area (Å²) in [7, 11) is -3.32. The molecular formula is C15H21ClN2O3S. The van der Waals surface area contributed by atoms with Crippen molar-refractivity contribution in [3.8, 4) is 0 Å². The third kappa shape index (κ3) is 4.00. The Balaban J connectivity index is 2.04. The predicted octanol–water partition coefficient (Wildman–Crippen LogP) is 2.02. The summed E-state index contributed by atoms with van der Waals surface area (Å²) in [4.78, 5) is 12.3. The standard InChI is InChI=1S/C15H21ClN2O3S/c1-11(2)10-18-14(7-8-22(18,20)21)15(19)17-9-12-5-3-4-6-13(12)16/h3-6,11,14H,7-10H2,1-2H3,(H,17,19). The molecule has 1 N–H and O–H groups in total. The van der Waals surface area contributed by atoms with Gasteiger partial charge < -0.3 is 5.32 Å². The lowest BCUT2D eigenvalue weighted by Gasteiger charge is -2.24. The molecule has 5 nitrogen and oxygen atoms in total. The third-order valence-corrected chi connectivity index (χ3v) is 5.85. The van der Waals surface area contributed by atoms with Crippen molar-refractivity contribution in [1.29, 1.82) is 0 Å². The zero-order valence-corrected chi connectivity index (χ0v) is 14.3. The summed E-state index contributed by atoms with van der Waals surface area (Å²) < 4.78 is 25.5. The van der Waals surface area contributed by atoms with Gasteiger partial charge in [0.25, 0.3) is 0 Å². The van der Waals surface area contributed by atoms with E-state index in [-0.39, 0.29) is 17.6 Å². The molecule has 1 aromatic carbocycles. The van der Waals surface area contributed by atoms with Crippen molar-refractivity contribution in [2.24, 2.45) is 5.92 Å². The number of carbonyl (C=O) groups is 1. The molecule has 1 atom stereocenters. The van der Waals surface area contributed by atoms with Gasteiger partial charge in [-0.25, -0.2) is 8.42 Å². The van der Waals surface area contributed by atoms with Gasteiger partial charge in [0.1, 0.15) is 6.04 Å². The zero-order valence-electron chi connectivity index (χ0n) is 12.8. The Morgan fingerprint density at radius 1 is 1.41 bits per heavy atom. The second-order valence-corrected chi connectivity index (χ2v) is 8.34. The number of hydrogen-bond acceptors (Lipinski definition) is 3. The summed E-state index contributed by atoms with van der Waals surface area (Å²) in [6.45, 7) is 4.54. The highest BCUT2D eigenvalue weighted by Crippen LogP contribution is 2.23. The number of rotatable bonds is 5. The summed E-state index contributed by atoms with van der Waals surface area (Å²) in [5.74, 6) is -0.0578. The van der Waals surface area contributed by atoms with Crippen molar-refractivity contribution in [1.82, 2.24) is 9.62 Å². The molecule has 7 heteroatoms. The molecule has 2 rings (SSSR count). The van der Waals surface area contributed by atoms with Gasteiger partial charge in [-0.15, -0.1) is 0 Å². The first-order valence-electron chi connectivity index (χ1n) is 7.32. The van der Waals surface area contributed by atoms with E-state index in [1.54, 1.807) is 6.07 Å². The highest BCUT2D eigenvalue weighted by molar-refractivity contribution is 7.89. The summed E-state index contributed by atoms with van der Waals surface area (Å²) in [6, 6.07) is 6.64. The Hall–Kier alpha value is -1.11. The average Bonchev–Trinajstić information content (AvgIpc) is 2.73. The highest BCUT2D eigenvalue weighted by Gasteiger charge is 2.41. The quantitative estimate of drug-likeness (QED) is 0.888. The molecule has 1 aliphatic rings. The molecule has 1 fully saturated rings. The van der Waals surface area contributed by atoms with E-state index in [2.05, 4.69) is 5.32 Å². The van der Waals surface area contributed by atoms with Crippen LogP contribution >= 0.6 is 11.6 Å². The molecular weight excluding hydrogens is 324 g/mol. The highest BCUT2D eigenvalue weighted by atomic mass is 35.5. The van der Waals surface area contributed by atoms with Gasteiger partial charge in [-0.2, -0.15) is 4.31 Å². The Morgan fingerprint density at radius 2 is 2.09 bits per heavy atom.